The van der Waals surface area contributed by atoms with Crippen LogP contribution in [0, 0.1) is 5.82 Å². The summed E-state index contributed by atoms with van der Waals surface area (Å²) in [5.74, 6) is 1.64. The fourth-order valence-electron chi connectivity index (χ4n) is 5.06. The van der Waals surface area contributed by atoms with Crippen LogP contribution in [0.25, 0.3) is 16.9 Å². The number of hydrogen-bond donors (Lipinski definition) is 1. The number of methoxy groups -OCH3 is 1. The number of nitrogens with zero attached hydrogens (tertiary/aromatic N) is 7. The van der Waals surface area contributed by atoms with E-state index in [4.69, 9.17) is 9.72 Å². The Balaban J connectivity index is 1.38. The topological polar surface area (TPSA) is 101 Å². The van der Waals surface area contributed by atoms with Crippen molar-refractivity contribution in [2.75, 3.05) is 63.1 Å². The molecule has 0 amide bonds. The molecule has 10 nitrogen and oxygen atoms in total. The number of piperazine rings is 1. The molecular formula is C28H33FN8O2S. The van der Waals surface area contributed by atoms with Crippen LogP contribution in [-0.2, 0) is 9.73 Å². The molecule has 2 fully saturated rings. The maximum atomic E-state index is 15.7. The molecule has 4 heterocycles. The van der Waals surface area contributed by atoms with E-state index in [0.29, 0.717) is 34.3 Å². The van der Waals surface area contributed by atoms with Gasteiger partial charge in [-0.2, -0.15) is 9.35 Å². The minimum absolute atomic E-state index is 0.0842. The summed E-state index contributed by atoms with van der Waals surface area (Å²) in [6, 6.07) is 11.2. The van der Waals surface area contributed by atoms with Crippen molar-refractivity contribution >= 4 is 43.9 Å². The molecule has 1 N–H and O–H groups in total. The van der Waals surface area contributed by atoms with Crippen LogP contribution in [0.2, 0.25) is 0 Å². The zero-order chi connectivity index (χ0) is 28.0. The predicted molar refractivity (Wildman–Crippen MR) is 157 cm³/mol. The molecule has 12 heteroatoms. The number of rotatable bonds is 7. The Bertz CT molecular complexity index is 1690. The number of aromatic nitrogens is 4. The average molecular weight is 565 g/mol. The zero-order valence-corrected chi connectivity index (χ0v) is 23.9. The maximum Gasteiger partial charge on any atom is 0.229 e. The minimum atomic E-state index is -2.41. The molecule has 40 heavy (non-hydrogen) atoms. The molecule has 1 aromatic carbocycles. The summed E-state index contributed by atoms with van der Waals surface area (Å²) in [6.45, 7) is 3.86. The number of benzene rings is 1. The lowest BCUT2D eigenvalue weighted by Crippen LogP contribution is -2.44. The molecule has 2 aliphatic rings. The second-order valence-electron chi connectivity index (χ2n) is 10.7. The molecule has 0 unspecified atom stereocenters. The Kier molecular flexibility index (Phi) is 6.83. The molecule has 4 aromatic rings. The number of ether oxygens (including phenoxy) is 1. The van der Waals surface area contributed by atoms with Crippen molar-refractivity contribution < 1.29 is 13.3 Å². The van der Waals surface area contributed by atoms with E-state index in [0.717, 1.165) is 56.1 Å². The second kappa shape index (κ2) is 10.3. The Morgan fingerprint density at radius 2 is 1.88 bits per heavy atom. The standard InChI is InChI=1S/C28H33FN8O2S/c1-35-12-14-36(15-13-35)21-11-10-19(16-22(21)39-2)31-28-30-17-20-25(29)26(18-8-9-18)37(27(20)33-28)24-7-5-6-23(32-24)34-40(3,4)38/h5-7,10-11,16-18H,8-9,12-15H2,1-4H3,(H,30,31,33). The van der Waals surface area contributed by atoms with Gasteiger partial charge in [0, 0.05) is 72.3 Å². The van der Waals surface area contributed by atoms with E-state index in [9.17, 15) is 4.21 Å². The van der Waals surface area contributed by atoms with E-state index in [2.05, 4.69) is 36.5 Å². The fourth-order valence-corrected chi connectivity index (χ4v) is 5.62. The molecule has 6 rings (SSSR count). The lowest BCUT2D eigenvalue weighted by molar-refractivity contribution is 0.311. The van der Waals surface area contributed by atoms with E-state index in [-0.39, 0.29) is 11.7 Å². The third-order valence-corrected chi connectivity index (χ3v) is 7.82. The Morgan fingerprint density at radius 1 is 1.10 bits per heavy atom. The van der Waals surface area contributed by atoms with Gasteiger partial charge in [0.25, 0.3) is 0 Å². The van der Waals surface area contributed by atoms with E-state index in [1.165, 1.54) is 6.20 Å². The molecule has 0 bridgehead atoms. The number of anilines is 3. The summed E-state index contributed by atoms with van der Waals surface area (Å²) in [5, 5.41) is 3.59. The molecule has 1 saturated heterocycles. The quantitative estimate of drug-likeness (QED) is 0.345. The largest absolute Gasteiger partial charge is 0.495 e. The molecule has 1 saturated carbocycles. The van der Waals surface area contributed by atoms with Crippen LogP contribution in [0.4, 0.5) is 27.5 Å². The Hall–Kier alpha value is -3.77. The summed E-state index contributed by atoms with van der Waals surface area (Å²) in [5.41, 5.74) is 2.76. The van der Waals surface area contributed by atoms with Gasteiger partial charge in [-0.1, -0.05) is 6.07 Å². The van der Waals surface area contributed by atoms with Gasteiger partial charge in [-0.3, -0.25) is 4.57 Å². The second-order valence-corrected chi connectivity index (χ2v) is 13.2. The summed E-state index contributed by atoms with van der Waals surface area (Å²) in [7, 11) is 1.39. The molecule has 3 aromatic heterocycles. The van der Waals surface area contributed by atoms with Crippen molar-refractivity contribution in [3.8, 4) is 11.6 Å². The van der Waals surface area contributed by atoms with Crippen LogP contribution in [0.15, 0.2) is 47.0 Å². The van der Waals surface area contributed by atoms with Crippen LogP contribution < -0.4 is 15.0 Å². The monoisotopic (exact) mass is 564 g/mol. The van der Waals surface area contributed by atoms with Crippen molar-refractivity contribution in [1.82, 2.24) is 24.4 Å². The third-order valence-electron chi connectivity index (χ3n) is 7.19. The van der Waals surface area contributed by atoms with Gasteiger partial charge in [-0.25, -0.2) is 18.6 Å². The highest BCUT2D eigenvalue weighted by Gasteiger charge is 2.34. The number of nitrogens with one attached hydrogen (secondary N) is 1. The average Bonchev–Trinajstić information content (AvgIpc) is 3.72. The third kappa shape index (κ3) is 5.33. The fraction of sp³-hybridized carbons (Fsp3) is 0.393. The maximum absolute atomic E-state index is 15.7. The Labute approximate surface area is 233 Å². The molecule has 0 spiro atoms. The van der Waals surface area contributed by atoms with Gasteiger partial charge < -0.3 is 19.9 Å². The first kappa shape index (κ1) is 26.5. The number of pyridine rings is 1. The molecular weight excluding hydrogens is 531 g/mol. The molecule has 1 aliphatic heterocycles. The Morgan fingerprint density at radius 3 is 2.58 bits per heavy atom. The summed E-state index contributed by atoms with van der Waals surface area (Å²) in [6.07, 6.45) is 6.41. The normalized spacial score (nSPS) is 16.4. The lowest BCUT2D eigenvalue weighted by Gasteiger charge is -2.34. The van der Waals surface area contributed by atoms with Gasteiger partial charge in [0.15, 0.2) is 17.3 Å². The summed E-state index contributed by atoms with van der Waals surface area (Å²) in [4.78, 5) is 18.4. The number of halogens is 1. The van der Waals surface area contributed by atoms with E-state index < -0.39 is 9.73 Å². The molecule has 1 aliphatic carbocycles. The van der Waals surface area contributed by atoms with Crippen molar-refractivity contribution in [2.45, 2.75) is 18.8 Å². The van der Waals surface area contributed by atoms with E-state index in [1.807, 2.05) is 18.2 Å². The first-order valence-corrected chi connectivity index (χ1v) is 15.6. The van der Waals surface area contributed by atoms with Crippen LogP contribution in [-0.4, -0.2) is 81.5 Å². The first-order chi connectivity index (χ1) is 19.2. The van der Waals surface area contributed by atoms with Gasteiger partial charge in [0.05, 0.1) is 23.9 Å². The van der Waals surface area contributed by atoms with Crippen molar-refractivity contribution in [3.05, 3.63) is 54.1 Å². The molecule has 0 radical (unpaired) electrons. The van der Waals surface area contributed by atoms with Crippen molar-refractivity contribution in [3.63, 3.8) is 0 Å². The number of likely N-dealkylation sites (N-methyl/N-ethyl adjacent to an activating group) is 1. The highest BCUT2D eigenvalue weighted by Crippen LogP contribution is 2.45. The van der Waals surface area contributed by atoms with Gasteiger partial charge >= 0.3 is 0 Å². The van der Waals surface area contributed by atoms with E-state index in [1.54, 1.807) is 42.4 Å². The van der Waals surface area contributed by atoms with Crippen LogP contribution >= 0.6 is 0 Å². The van der Waals surface area contributed by atoms with Crippen molar-refractivity contribution in [2.24, 2.45) is 4.36 Å². The van der Waals surface area contributed by atoms with Gasteiger partial charge in [0.2, 0.25) is 5.95 Å². The van der Waals surface area contributed by atoms with Crippen molar-refractivity contribution in [1.29, 1.82) is 0 Å². The van der Waals surface area contributed by atoms with Crippen LogP contribution in [0.5, 0.6) is 5.75 Å². The van der Waals surface area contributed by atoms with Gasteiger partial charge in [-0.15, -0.1) is 0 Å². The zero-order valence-electron chi connectivity index (χ0n) is 23.1. The molecule has 210 valence electrons. The minimum Gasteiger partial charge on any atom is -0.495 e. The highest BCUT2D eigenvalue weighted by atomic mass is 32.2. The SMILES string of the molecule is COc1cc(Nc2ncc3c(F)c(C4CC4)n(-c4cccc(N=S(C)(C)=O)n4)c3n2)ccc1N1CCN(C)CC1. The smallest absolute Gasteiger partial charge is 0.229 e. The number of hydrogen-bond acceptors (Lipinski definition) is 9. The summed E-state index contributed by atoms with van der Waals surface area (Å²) >= 11 is 0. The first-order valence-electron chi connectivity index (χ1n) is 13.3. The predicted octanol–water partition coefficient (Wildman–Crippen LogP) is 4.70. The lowest BCUT2D eigenvalue weighted by atomic mass is 10.2. The van der Waals surface area contributed by atoms with Gasteiger partial charge in [-0.05, 0) is 44.2 Å². The summed E-state index contributed by atoms with van der Waals surface area (Å²) < 4.78 is 39.7. The van der Waals surface area contributed by atoms with E-state index >= 15 is 4.39 Å². The van der Waals surface area contributed by atoms with Crippen LogP contribution in [0.1, 0.15) is 24.5 Å². The van der Waals surface area contributed by atoms with Gasteiger partial charge in [0.1, 0.15) is 11.6 Å². The highest BCUT2D eigenvalue weighted by molar-refractivity contribution is 7.92. The van der Waals surface area contributed by atoms with Crippen LogP contribution in [0.3, 0.4) is 0 Å². The number of fused-ring (bicyclic) bond motifs is 1. The molecule has 0 atom stereocenters.